The van der Waals surface area contributed by atoms with Crippen LogP contribution in [0.3, 0.4) is 0 Å². The number of amides is 1. The molecule has 0 saturated heterocycles. The summed E-state index contributed by atoms with van der Waals surface area (Å²) >= 11 is 3.10. The van der Waals surface area contributed by atoms with Gasteiger partial charge in [-0.2, -0.15) is 0 Å². The van der Waals surface area contributed by atoms with E-state index in [1.165, 1.54) is 41.9 Å². The number of carbonyl (C=O) groups is 1. The van der Waals surface area contributed by atoms with Crippen LogP contribution in [-0.2, 0) is 0 Å². The largest absolute Gasteiger partial charge is 0.349 e. The van der Waals surface area contributed by atoms with Crippen molar-refractivity contribution in [1.82, 2.24) is 25.3 Å². The van der Waals surface area contributed by atoms with Gasteiger partial charge in [-0.3, -0.25) is 4.79 Å². The lowest BCUT2D eigenvalue weighted by molar-refractivity contribution is 0.0936. The molecule has 1 N–H and O–H groups in total. The third-order valence-electron chi connectivity index (χ3n) is 5.59. The Morgan fingerprint density at radius 1 is 1.20 bits per heavy atom. The van der Waals surface area contributed by atoms with Gasteiger partial charge in [0.15, 0.2) is 0 Å². The van der Waals surface area contributed by atoms with Crippen LogP contribution < -0.4 is 5.32 Å². The van der Waals surface area contributed by atoms with Gasteiger partial charge in [-0.1, -0.05) is 37.0 Å². The molecule has 0 bridgehead atoms. The lowest BCUT2D eigenvalue weighted by Crippen LogP contribution is -2.34. The number of aromatic nitrogens is 4. The molecule has 158 valence electrons. The molecule has 4 rings (SSSR count). The van der Waals surface area contributed by atoms with Crippen LogP contribution in [0.25, 0.3) is 16.4 Å². The summed E-state index contributed by atoms with van der Waals surface area (Å²) in [6.45, 7) is 3.88. The number of thioether (sulfide) groups is 1. The van der Waals surface area contributed by atoms with Crippen LogP contribution in [0.2, 0.25) is 0 Å². The van der Waals surface area contributed by atoms with Crippen LogP contribution in [0.4, 0.5) is 0 Å². The van der Waals surface area contributed by atoms with Gasteiger partial charge >= 0.3 is 0 Å². The third-order valence-corrected chi connectivity index (χ3v) is 7.48. The zero-order valence-corrected chi connectivity index (χ0v) is 19.3. The Kier molecular flexibility index (Phi) is 6.53. The van der Waals surface area contributed by atoms with Crippen molar-refractivity contribution < 1.29 is 4.79 Å². The van der Waals surface area contributed by atoms with Crippen molar-refractivity contribution in [3.05, 3.63) is 40.5 Å². The number of carbonyl (C=O) groups excluding carboxylic acids is 1. The van der Waals surface area contributed by atoms with E-state index in [0.717, 1.165) is 40.6 Å². The monoisotopic (exact) mass is 441 g/mol. The van der Waals surface area contributed by atoms with Crippen molar-refractivity contribution in [1.29, 1.82) is 0 Å². The molecule has 8 heteroatoms. The lowest BCUT2D eigenvalue weighted by atomic mass is 10.1. The molecule has 30 heavy (non-hydrogen) atoms. The quantitative estimate of drug-likeness (QED) is 0.436. The molecule has 1 saturated carbocycles. The molecule has 1 aliphatic carbocycles. The van der Waals surface area contributed by atoms with Gasteiger partial charge < -0.3 is 5.32 Å². The van der Waals surface area contributed by atoms with Crippen molar-refractivity contribution in [2.24, 2.45) is 0 Å². The van der Waals surface area contributed by atoms with Crippen LogP contribution in [0.5, 0.6) is 0 Å². The molecule has 2 aromatic heterocycles. The summed E-state index contributed by atoms with van der Waals surface area (Å²) < 4.78 is 1.83. The summed E-state index contributed by atoms with van der Waals surface area (Å²) in [5.74, 6) is -0.0131. The highest BCUT2D eigenvalue weighted by Gasteiger charge is 2.23. The molecule has 1 fully saturated rings. The van der Waals surface area contributed by atoms with Crippen molar-refractivity contribution in [3.63, 3.8) is 0 Å². The van der Waals surface area contributed by atoms with E-state index < -0.39 is 0 Å². The van der Waals surface area contributed by atoms with Gasteiger partial charge in [-0.05, 0) is 51.1 Å². The molecule has 0 aliphatic heterocycles. The minimum Gasteiger partial charge on any atom is -0.349 e. The van der Waals surface area contributed by atoms with Crippen LogP contribution in [-0.4, -0.2) is 38.2 Å². The predicted octanol–water partition coefficient (Wildman–Crippen LogP) is 5.18. The Hall–Kier alpha value is -2.19. The smallest absolute Gasteiger partial charge is 0.263 e. The van der Waals surface area contributed by atoms with Gasteiger partial charge in [0.05, 0.1) is 17.1 Å². The number of nitrogens with one attached hydrogen (secondary N) is 1. The maximum atomic E-state index is 12.9. The van der Waals surface area contributed by atoms with Crippen molar-refractivity contribution >= 4 is 29.0 Å². The summed E-state index contributed by atoms with van der Waals surface area (Å²) in [7, 11) is 0. The van der Waals surface area contributed by atoms with Crippen LogP contribution >= 0.6 is 23.1 Å². The molecule has 3 aromatic rings. The molecule has 0 radical (unpaired) electrons. The standard InChI is InChI=1S/C22H27N5OS2/c1-14-20(21(28)24-16-9-6-4-5-7-10-16)30-22(23-14)19-15(2)27(26-25-19)17-11-8-12-18(13-17)29-3/h8,11-13,16H,4-7,9-10H2,1-3H3,(H,24,28). The first-order valence-electron chi connectivity index (χ1n) is 10.4. The van der Waals surface area contributed by atoms with E-state index in [4.69, 9.17) is 0 Å². The fourth-order valence-electron chi connectivity index (χ4n) is 3.90. The summed E-state index contributed by atoms with van der Waals surface area (Å²) in [6.07, 6.45) is 9.11. The molecule has 0 atom stereocenters. The number of hydrogen-bond donors (Lipinski definition) is 1. The SMILES string of the molecule is CSc1cccc(-n2nnc(-c3nc(C)c(C(=O)NC4CCCCCC4)s3)c2C)c1. The number of rotatable bonds is 5. The fourth-order valence-corrected chi connectivity index (χ4v) is 5.36. The zero-order chi connectivity index (χ0) is 21.1. The zero-order valence-electron chi connectivity index (χ0n) is 17.6. The highest BCUT2D eigenvalue weighted by atomic mass is 32.2. The highest BCUT2D eigenvalue weighted by Crippen LogP contribution is 2.30. The normalized spacial score (nSPS) is 15.2. The van der Waals surface area contributed by atoms with E-state index in [9.17, 15) is 4.79 Å². The Morgan fingerprint density at radius 3 is 2.70 bits per heavy atom. The molecule has 6 nitrogen and oxygen atoms in total. The maximum Gasteiger partial charge on any atom is 0.263 e. The van der Waals surface area contributed by atoms with Gasteiger partial charge in [-0.15, -0.1) is 28.2 Å². The molecular weight excluding hydrogens is 414 g/mol. The van der Waals surface area contributed by atoms with Crippen molar-refractivity contribution in [2.45, 2.75) is 63.3 Å². The van der Waals surface area contributed by atoms with E-state index in [-0.39, 0.29) is 11.9 Å². The van der Waals surface area contributed by atoms with E-state index in [2.05, 4.69) is 39.0 Å². The first-order chi connectivity index (χ1) is 14.6. The second-order valence-corrected chi connectivity index (χ2v) is 9.61. The number of benzene rings is 1. The Morgan fingerprint density at radius 2 is 1.97 bits per heavy atom. The molecule has 2 heterocycles. The molecule has 1 aliphatic rings. The van der Waals surface area contributed by atoms with E-state index in [1.54, 1.807) is 11.8 Å². The molecule has 0 unspecified atom stereocenters. The number of nitrogens with zero attached hydrogens (tertiary/aromatic N) is 4. The maximum absolute atomic E-state index is 12.9. The van der Waals surface area contributed by atoms with Gasteiger partial charge in [0, 0.05) is 10.9 Å². The predicted molar refractivity (Wildman–Crippen MR) is 123 cm³/mol. The summed E-state index contributed by atoms with van der Waals surface area (Å²) in [5.41, 5.74) is 3.36. The average Bonchev–Trinajstić information content (AvgIpc) is 3.21. The van der Waals surface area contributed by atoms with Crippen LogP contribution in [0.15, 0.2) is 29.2 Å². The number of thiazole rings is 1. The topological polar surface area (TPSA) is 72.7 Å². The van der Waals surface area contributed by atoms with E-state index in [0.29, 0.717) is 4.88 Å². The van der Waals surface area contributed by atoms with Crippen molar-refractivity contribution in [3.8, 4) is 16.4 Å². The Balaban J connectivity index is 1.57. The van der Waals surface area contributed by atoms with Gasteiger partial charge in [-0.25, -0.2) is 9.67 Å². The first kappa shape index (κ1) is 21.1. The van der Waals surface area contributed by atoms with Gasteiger partial charge in [0.2, 0.25) is 0 Å². The minimum absolute atomic E-state index is 0.0131. The van der Waals surface area contributed by atoms with Crippen molar-refractivity contribution in [2.75, 3.05) is 6.26 Å². The highest BCUT2D eigenvalue weighted by molar-refractivity contribution is 7.98. The van der Waals surface area contributed by atoms with Crippen LogP contribution in [0.1, 0.15) is 59.6 Å². The summed E-state index contributed by atoms with van der Waals surface area (Å²) in [6, 6.07) is 8.48. The summed E-state index contributed by atoms with van der Waals surface area (Å²) in [5, 5.41) is 12.7. The molecule has 1 aromatic carbocycles. The van der Waals surface area contributed by atoms with Gasteiger partial charge in [0.25, 0.3) is 5.91 Å². The van der Waals surface area contributed by atoms with E-state index in [1.807, 2.05) is 30.7 Å². The lowest BCUT2D eigenvalue weighted by Gasteiger charge is -2.15. The third kappa shape index (κ3) is 4.44. The minimum atomic E-state index is -0.0131. The van der Waals surface area contributed by atoms with Crippen LogP contribution in [0, 0.1) is 13.8 Å². The fraction of sp³-hybridized carbons (Fsp3) is 0.455. The molecule has 0 spiro atoms. The first-order valence-corrected chi connectivity index (χ1v) is 12.5. The molecular formula is C22H27N5OS2. The number of hydrogen-bond acceptors (Lipinski definition) is 6. The second kappa shape index (κ2) is 9.31. The van der Waals surface area contributed by atoms with Gasteiger partial charge in [0.1, 0.15) is 15.6 Å². The van der Waals surface area contributed by atoms with E-state index >= 15 is 0 Å². The summed E-state index contributed by atoms with van der Waals surface area (Å²) in [4.78, 5) is 19.4. The Bertz CT molecular complexity index is 1030. The number of aryl methyl sites for hydroxylation is 1. The molecule has 1 amide bonds. The second-order valence-electron chi connectivity index (χ2n) is 7.73. The average molecular weight is 442 g/mol. The Labute approximate surface area is 185 Å².